The van der Waals surface area contributed by atoms with Crippen LogP contribution in [-0.4, -0.2) is 12.6 Å². The first kappa shape index (κ1) is 13.0. The van der Waals surface area contributed by atoms with Gasteiger partial charge in [0.25, 0.3) is 0 Å². The third kappa shape index (κ3) is 5.55. The third-order valence-corrected chi connectivity index (χ3v) is 3.75. The number of rotatable bonds is 6. The van der Waals surface area contributed by atoms with Gasteiger partial charge in [-0.25, -0.2) is 0 Å². The molecule has 1 N–H and O–H groups in total. The lowest BCUT2D eigenvalue weighted by Gasteiger charge is -2.29. The minimum absolute atomic E-state index is 0.830. The fourth-order valence-electron chi connectivity index (χ4n) is 2.66. The monoisotopic (exact) mass is 211 g/mol. The number of hydrogen-bond acceptors (Lipinski definition) is 1. The van der Waals surface area contributed by atoms with Crippen molar-refractivity contribution in [3.05, 3.63) is 0 Å². The summed E-state index contributed by atoms with van der Waals surface area (Å²) in [7, 11) is 0. The molecule has 2 atom stereocenters. The molecule has 1 saturated carbocycles. The second-order valence-corrected chi connectivity index (χ2v) is 5.63. The van der Waals surface area contributed by atoms with Gasteiger partial charge in [0, 0.05) is 6.04 Å². The first-order valence-electron chi connectivity index (χ1n) is 6.95. The van der Waals surface area contributed by atoms with Crippen molar-refractivity contribution in [2.45, 2.75) is 71.8 Å². The Hall–Kier alpha value is -0.0400. The molecule has 1 aliphatic rings. The highest BCUT2D eigenvalue weighted by Crippen LogP contribution is 2.26. The molecule has 0 aromatic rings. The van der Waals surface area contributed by atoms with Gasteiger partial charge in [0.1, 0.15) is 0 Å². The molecular weight excluding hydrogens is 182 g/mol. The van der Waals surface area contributed by atoms with Crippen LogP contribution in [0, 0.1) is 11.8 Å². The van der Waals surface area contributed by atoms with Crippen molar-refractivity contribution in [1.82, 2.24) is 5.32 Å². The van der Waals surface area contributed by atoms with Crippen LogP contribution in [0.1, 0.15) is 65.7 Å². The summed E-state index contributed by atoms with van der Waals surface area (Å²) < 4.78 is 0. The lowest BCUT2D eigenvalue weighted by molar-refractivity contribution is 0.277. The van der Waals surface area contributed by atoms with Crippen molar-refractivity contribution < 1.29 is 0 Å². The first-order chi connectivity index (χ1) is 7.22. The maximum absolute atomic E-state index is 3.74. The molecule has 0 bridgehead atoms. The Labute approximate surface area is 96.0 Å². The van der Waals surface area contributed by atoms with E-state index in [0.29, 0.717) is 0 Å². The zero-order valence-electron chi connectivity index (χ0n) is 10.9. The predicted octanol–water partition coefficient (Wildman–Crippen LogP) is 3.98. The zero-order chi connectivity index (χ0) is 11.1. The predicted molar refractivity (Wildman–Crippen MR) is 68.1 cm³/mol. The van der Waals surface area contributed by atoms with Gasteiger partial charge in [0.05, 0.1) is 0 Å². The molecule has 0 spiro atoms. The van der Waals surface area contributed by atoms with Gasteiger partial charge >= 0.3 is 0 Å². The summed E-state index contributed by atoms with van der Waals surface area (Å²) in [5, 5.41) is 3.74. The fraction of sp³-hybridized carbons (Fsp3) is 1.00. The molecule has 0 aromatic carbocycles. The molecule has 0 aromatic heterocycles. The molecule has 0 amide bonds. The molecule has 0 aliphatic heterocycles. The second kappa shape index (κ2) is 7.27. The number of hydrogen-bond donors (Lipinski definition) is 1. The molecule has 15 heavy (non-hydrogen) atoms. The van der Waals surface area contributed by atoms with Crippen molar-refractivity contribution in [2.75, 3.05) is 6.54 Å². The van der Waals surface area contributed by atoms with E-state index in [0.717, 1.165) is 17.9 Å². The molecule has 1 nitrogen and oxygen atoms in total. The van der Waals surface area contributed by atoms with Crippen LogP contribution >= 0.6 is 0 Å². The quantitative estimate of drug-likeness (QED) is 0.655. The van der Waals surface area contributed by atoms with Gasteiger partial charge in [-0.2, -0.15) is 0 Å². The van der Waals surface area contributed by atoms with Gasteiger partial charge in [0.15, 0.2) is 0 Å². The summed E-state index contributed by atoms with van der Waals surface area (Å²) >= 11 is 0. The van der Waals surface area contributed by atoms with Crippen LogP contribution in [0.4, 0.5) is 0 Å². The molecule has 2 unspecified atom stereocenters. The highest BCUT2D eigenvalue weighted by Gasteiger charge is 2.19. The molecule has 1 heteroatoms. The van der Waals surface area contributed by atoms with Crippen LogP contribution in [0.3, 0.4) is 0 Å². The summed E-state index contributed by atoms with van der Waals surface area (Å²) in [5.41, 5.74) is 0. The van der Waals surface area contributed by atoms with Gasteiger partial charge < -0.3 is 5.32 Å². The Morgan fingerprint density at radius 3 is 2.73 bits per heavy atom. The highest BCUT2D eigenvalue weighted by molar-refractivity contribution is 4.77. The molecule has 0 saturated heterocycles. The van der Waals surface area contributed by atoms with Crippen molar-refractivity contribution in [3.63, 3.8) is 0 Å². The van der Waals surface area contributed by atoms with Gasteiger partial charge in [-0.15, -0.1) is 0 Å². The molecule has 0 heterocycles. The molecule has 1 fully saturated rings. The Balaban J connectivity index is 2.05. The maximum atomic E-state index is 3.74. The average molecular weight is 211 g/mol. The van der Waals surface area contributed by atoms with E-state index in [1.54, 1.807) is 0 Å². The van der Waals surface area contributed by atoms with Gasteiger partial charge in [-0.05, 0) is 44.1 Å². The van der Waals surface area contributed by atoms with Crippen LogP contribution < -0.4 is 5.32 Å². The minimum Gasteiger partial charge on any atom is -0.314 e. The SMILES string of the molecule is CCC1CCCC(NCCCC(C)C)C1. The summed E-state index contributed by atoms with van der Waals surface area (Å²) in [4.78, 5) is 0. The maximum Gasteiger partial charge on any atom is 0.00697 e. The van der Waals surface area contributed by atoms with Crippen LogP contribution in [0.5, 0.6) is 0 Å². The van der Waals surface area contributed by atoms with E-state index in [1.807, 2.05) is 0 Å². The summed E-state index contributed by atoms with van der Waals surface area (Å²) in [6.07, 6.45) is 9.86. The van der Waals surface area contributed by atoms with Crippen LogP contribution in [0.25, 0.3) is 0 Å². The van der Waals surface area contributed by atoms with Gasteiger partial charge in [0.2, 0.25) is 0 Å². The van der Waals surface area contributed by atoms with E-state index < -0.39 is 0 Å². The summed E-state index contributed by atoms with van der Waals surface area (Å²) in [5.74, 6) is 1.86. The van der Waals surface area contributed by atoms with Gasteiger partial charge in [-0.3, -0.25) is 0 Å². The summed E-state index contributed by atoms with van der Waals surface area (Å²) in [6.45, 7) is 8.20. The van der Waals surface area contributed by atoms with Crippen molar-refractivity contribution in [3.8, 4) is 0 Å². The molecule has 90 valence electrons. The van der Waals surface area contributed by atoms with E-state index >= 15 is 0 Å². The van der Waals surface area contributed by atoms with E-state index in [2.05, 4.69) is 26.1 Å². The van der Waals surface area contributed by atoms with Crippen molar-refractivity contribution >= 4 is 0 Å². The highest BCUT2D eigenvalue weighted by atomic mass is 14.9. The van der Waals surface area contributed by atoms with Crippen LogP contribution in [0.2, 0.25) is 0 Å². The van der Waals surface area contributed by atoms with Gasteiger partial charge in [-0.1, -0.05) is 40.0 Å². The topological polar surface area (TPSA) is 12.0 Å². The van der Waals surface area contributed by atoms with Crippen LogP contribution in [-0.2, 0) is 0 Å². The largest absolute Gasteiger partial charge is 0.314 e. The minimum atomic E-state index is 0.830. The number of nitrogens with one attached hydrogen (secondary N) is 1. The van der Waals surface area contributed by atoms with Crippen LogP contribution in [0.15, 0.2) is 0 Å². The smallest absolute Gasteiger partial charge is 0.00697 e. The Kier molecular flexibility index (Phi) is 6.31. The van der Waals surface area contributed by atoms with E-state index in [1.165, 1.54) is 51.5 Å². The Bertz CT molecular complexity index is 153. The van der Waals surface area contributed by atoms with Crippen molar-refractivity contribution in [2.24, 2.45) is 11.8 Å². The fourth-order valence-corrected chi connectivity index (χ4v) is 2.66. The Morgan fingerprint density at radius 2 is 2.07 bits per heavy atom. The molecule has 1 aliphatic carbocycles. The lowest BCUT2D eigenvalue weighted by atomic mass is 9.84. The lowest BCUT2D eigenvalue weighted by Crippen LogP contribution is -2.34. The molecular formula is C14H29N. The van der Waals surface area contributed by atoms with E-state index in [9.17, 15) is 0 Å². The van der Waals surface area contributed by atoms with E-state index in [-0.39, 0.29) is 0 Å². The first-order valence-corrected chi connectivity index (χ1v) is 6.95. The second-order valence-electron chi connectivity index (χ2n) is 5.63. The molecule has 1 rings (SSSR count). The summed E-state index contributed by atoms with van der Waals surface area (Å²) in [6, 6.07) is 0.830. The Morgan fingerprint density at radius 1 is 1.27 bits per heavy atom. The standard InChI is InChI=1S/C14H29N/c1-4-13-8-5-9-14(11-13)15-10-6-7-12(2)3/h12-15H,4-11H2,1-3H3. The third-order valence-electron chi connectivity index (χ3n) is 3.75. The zero-order valence-corrected chi connectivity index (χ0v) is 10.9. The van der Waals surface area contributed by atoms with E-state index in [4.69, 9.17) is 0 Å². The normalized spacial score (nSPS) is 27.2. The molecule has 0 radical (unpaired) electrons. The van der Waals surface area contributed by atoms with Crippen molar-refractivity contribution in [1.29, 1.82) is 0 Å². The average Bonchev–Trinajstić information content (AvgIpc) is 2.24.